The maximum Gasteiger partial charge on any atom is 0.417 e. The number of halogens is 3. The average molecular weight is 431 g/mol. The summed E-state index contributed by atoms with van der Waals surface area (Å²) in [5.74, 6) is -1.11. The molecule has 6 nitrogen and oxygen atoms in total. The van der Waals surface area contributed by atoms with Crippen LogP contribution in [0.4, 0.5) is 13.2 Å². The van der Waals surface area contributed by atoms with Crippen molar-refractivity contribution in [1.82, 2.24) is 15.3 Å². The average Bonchev–Trinajstić information content (AvgIpc) is 3.18. The highest BCUT2D eigenvalue weighted by Gasteiger charge is 2.31. The fourth-order valence-electron chi connectivity index (χ4n) is 3.75. The highest BCUT2D eigenvalue weighted by Crippen LogP contribution is 2.30. The second-order valence-corrected chi connectivity index (χ2v) is 7.52. The summed E-state index contributed by atoms with van der Waals surface area (Å²) in [6, 6.07) is 9.23. The number of aromatic amines is 1. The van der Waals surface area contributed by atoms with E-state index >= 15 is 0 Å². The van der Waals surface area contributed by atoms with Crippen LogP contribution in [0.15, 0.2) is 48.8 Å². The van der Waals surface area contributed by atoms with Crippen molar-refractivity contribution in [3.63, 3.8) is 0 Å². The molecule has 0 radical (unpaired) electrons. The molecule has 0 saturated heterocycles. The van der Waals surface area contributed by atoms with Gasteiger partial charge in [-0.1, -0.05) is 18.2 Å². The second-order valence-electron chi connectivity index (χ2n) is 7.52. The van der Waals surface area contributed by atoms with Crippen molar-refractivity contribution in [3.8, 4) is 5.88 Å². The predicted octanol–water partition coefficient (Wildman–Crippen LogP) is 4.27. The van der Waals surface area contributed by atoms with Gasteiger partial charge in [0.25, 0.3) is 11.7 Å². The molecule has 2 heterocycles. The Labute approximate surface area is 175 Å². The smallest absolute Gasteiger partial charge is 0.417 e. The number of ketones is 1. The zero-order valence-electron chi connectivity index (χ0n) is 16.4. The number of amides is 1. The lowest BCUT2D eigenvalue weighted by Crippen LogP contribution is -2.42. The lowest BCUT2D eigenvalue weighted by molar-refractivity contribution is -0.137. The Hall–Kier alpha value is -3.36. The van der Waals surface area contributed by atoms with Gasteiger partial charge in [-0.25, -0.2) is 4.98 Å². The molecule has 1 aliphatic carbocycles. The molecule has 2 aromatic heterocycles. The molecule has 162 valence electrons. The van der Waals surface area contributed by atoms with Crippen LogP contribution in [-0.4, -0.2) is 33.8 Å². The van der Waals surface area contributed by atoms with Crippen LogP contribution in [0.1, 0.15) is 41.6 Å². The molecule has 9 heteroatoms. The van der Waals surface area contributed by atoms with Crippen molar-refractivity contribution >= 4 is 22.6 Å². The highest BCUT2D eigenvalue weighted by atomic mass is 19.4. The van der Waals surface area contributed by atoms with Gasteiger partial charge in [-0.05, 0) is 37.8 Å². The van der Waals surface area contributed by atoms with Gasteiger partial charge in [-0.3, -0.25) is 9.59 Å². The van der Waals surface area contributed by atoms with Gasteiger partial charge in [-0.15, -0.1) is 0 Å². The number of aromatic nitrogens is 2. The zero-order valence-corrected chi connectivity index (χ0v) is 16.4. The minimum absolute atomic E-state index is 0.134. The van der Waals surface area contributed by atoms with Crippen LogP contribution >= 0.6 is 0 Å². The Morgan fingerprint density at radius 2 is 1.81 bits per heavy atom. The van der Waals surface area contributed by atoms with Crippen LogP contribution in [0, 0.1) is 0 Å². The summed E-state index contributed by atoms with van der Waals surface area (Å²) in [6.07, 6.45) is 0.0136. The number of nitrogens with one attached hydrogen (secondary N) is 2. The van der Waals surface area contributed by atoms with Crippen LogP contribution in [0.3, 0.4) is 0 Å². The fraction of sp³-hybridized carbons (Fsp3) is 0.318. The molecule has 1 aromatic carbocycles. The van der Waals surface area contributed by atoms with Gasteiger partial charge in [0.05, 0.1) is 11.1 Å². The Kier molecular flexibility index (Phi) is 5.67. The number of Topliss-reactive ketones (excluding diaryl/α,β-unsaturated/α-hetero) is 1. The number of ether oxygens (including phenoxy) is 1. The van der Waals surface area contributed by atoms with E-state index in [2.05, 4.69) is 15.3 Å². The number of rotatable bonds is 5. The van der Waals surface area contributed by atoms with Crippen molar-refractivity contribution < 1.29 is 27.5 Å². The lowest BCUT2D eigenvalue weighted by atomic mass is 9.92. The maximum absolute atomic E-state index is 12.6. The minimum atomic E-state index is -4.44. The van der Waals surface area contributed by atoms with Crippen molar-refractivity contribution in [2.45, 2.75) is 44.0 Å². The molecule has 0 aliphatic heterocycles. The van der Waals surface area contributed by atoms with E-state index in [4.69, 9.17) is 4.74 Å². The monoisotopic (exact) mass is 431 g/mol. The van der Waals surface area contributed by atoms with E-state index < -0.39 is 23.4 Å². The third kappa shape index (κ3) is 4.70. The lowest BCUT2D eigenvalue weighted by Gasteiger charge is -2.29. The molecule has 1 aliphatic rings. The largest absolute Gasteiger partial charge is 0.474 e. The first-order valence-corrected chi connectivity index (χ1v) is 9.92. The number of pyridine rings is 1. The first-order valence-electron chi connectivity index (χ1n) is 9.92. The van der Waals surface area contributed by atoms with Crippen molar-refractivity contribution in [3.05, 3.63) is 59.9 Å². The van der Waals surface area contributed by atoms with Gasteiger partial charge in [0.2, 0.25) is 5.88 Å². The number of hydrogen-bond acceptors (Lipinski definition) is 4. The van der Waals surface area contributed by atoms with E-state index in [9.17, 15) is 22.8 Å². The molecule has 0 unspecified atom stereocenters. The highest BCUT2D eigenvalue weighted by molar-refractivity contribution is 6.45. The van der Waals surface area contributed by atoms with Crippen LogP contribution in [-0.2, 0) is 11.0 Å². The summed E-state index contributed by atoms with van der Waals surface area (Å²) in [6.45, 7) is 0. The second kappa shape index (κ2) is 8.41. The summed E-state index contributed by atoms with van der Waals surface area (Å²) >= 11 is 0. The molecule has 2 N–H and O–H groups in total. The SMILES string of the molecule is O=C(NC1CCC(Oc2ccc(C(F)(F)F)cn2)CC1)C(=O)c1c[nH]c2ccccc12. The molecule has 0 spiro atoms. The number of H-pyrrole nitrogens is 1. The number of benzene rings is 1. The predicted molar refractivity (Wildman–Crippen MR) is 107 cm³/mol. The molecule has 1 fully saturated rings. The van der Waals surface area contributed by atoms with Gasteiger partial charge in [0.15, 0.2) is 0 Å². The number of hydrogen-bond donors (Lipinski definition) is 2. The Morgan fingerprint density at radius 1 is 1.06 bits per heavy atom. The molecule has 3 aromatic rings. The standard InChI is InChI=1S/C22H20F3N3O3/c23-22(24,25)13-5-10-19(27-11-13)31-15-8-6-14(7-9-15)28-21(30)20(29)17-12-26-18-4-2-1-3-16(17)18/h1-5,10-12,14-15,26H,6-9H2,(H,28,30). The van der Waals surface area contributed by atoms with Crippen LogP contribution < -0.4 is 10.1 Å². The van der Waals surface area contributed by atoms with Gasteiger partial charge < -0.3 is 15.0 Å². The number of carbonyl (C=O) groups excluding carboxylic acids is 2. The quantitative estimate of drug-likeness (QED) is 0.467. The van der Waals surface area contributed by atoms with Gasteiger partial charge in [0, 0.05) is 35.4 Å². The summed E-state index contributed by atoms with van der Waals surface area (Å²) in [5, 5.41) is 3.48. The summed E-state index contributed by atoms with van der Waals surface area (Å²) in [4.78, 5) is 31.7. The first-order chi connectivity index (χ1) is 14.8. The molecule has 1 amide bonds. The first kappa shape index (κ1) is 20.9. The molecular formula is C22H20F3N3O3. The van der Waals surface area contributed by atoms with E-state index in [-0.39, 0.29) is 18.0 Å². The van der Waals surface area contributed by atoms with E-state index in [0.29, 0.717) is 36.6 Å². The summed E-state index contributed by atoms with van der Waals surface area (Å²) in [7, 11) is 0. The third-order valence-electron chi connectivity index (χ3n) is 5.40. The van der Waals surface area contributed by atoms with Crippen molar-refractivity contribution in [2.75, 3.05) is 0 Å². The molecule has 1 saturated carbocycles. The van der Waals surface area contributed by atoms with Gasteiger partial charge >= 0.3 is 6.18 Å². The zero-order chi connectivity index (χ0) is 22.0. The van der Waals surface area contributed by atoms with E-state index in [0.717, 1.165) is 17.8 Å². The molecule has 31 heavy (non-hydrogen) atoms. The number of alkyl halides is 3. The summed E-state index contributed by atoms with van der Waals surface area (Å²) < 4.78 is 43.5. The van der Waals surface area contributed by atoms with Crippen molar-refractivity contribution in [1.29, 1.82) is 0 Å². The molecule has 0 atom stereocenters. The Morgan fingerprint density at radius 3 is 2.48 bits per heavy atom. The number of para-hydroxylation sites is 1. The number of nitrogens with zero attached hydrogens (tertiary/aromatic N) is 1. The van der Waals surface area contributed by atoms with Crippen molar-refractivity contribution in [2.24, 2.45) is 0 Å². The number of carbonyl (C=O) groups is 2. The van der Waals surface area contributed by atoms with E-state index in [1.54, 1.807) is 12.1 Å². The normalized spacial score (nSPS) is 19.2. The minimum Gasteiger partial charge on any atom is -0.474 e. The summed E-state index contributed by atoms with van der Waals surface area (Å²) in [5.41, 5.74) is 0.290. The Bertz CT molecular complexity index is 1080. The molecule has 4 rings (SSSR count). The molecule has 0 bridgehead atoms. The van der Waals surface area contributed by atoms with Crippen LogP contribution in [0.5, 0.6) is 5.88 Å². The van der Waals surface area contributed by atoms with E-state index in [1.165, 1.54) is 12.3 Å². The van der Waals surface area contributed by atoms with Gasteiger partial charge in [-0.2, -0.15) is 13.2 Å². The Balaban J connectivity index is 1.29. The third-order valence-corrected chi connectivity index (χ3v) is 5.40. The number of fused-ring (bicyclic) bond motifs is 1. The topological polar surface area (TPSA) is 84.1 Å². The van der Waals surface area contributed by atoms with E-state index in [1.807, 2.05) is 12.1 Å². The fourth-order valence-corrected chi connectivity index (χ4v) is 3.75. The van der Waals surface area contributed by atoms with Crippen LogP contribution in [0.25, 0.3) is 10.9 Å². The van der Waals surface area contributed by atoms with Crippen LogP contribution in [0.2, 0.25) is 0 Å². The molecular weight excluding hydrogens is 411 g/mol. The maximum atomic E-state index is 12.6. The van der Waals surface area contributed by atoms with Gasteiger partial charge in [0.1, 0.15) is 6.10 Å².